The summed E-state index contributed by atoms with van der Waals surface area (Å²) in [4.78, 5) is 167. The van der Waals surface area contributed by atoms with Crippen LogP contribution in [0.3, 0.4) is 0 Å². The number of rotatable bonds is 83. The molecule has 0 fully saturated rings. The second kappa shape index (κ2) is 73.1. The molecule has 0 spiro atoms. The van der Waals surface area contributed by atoms with Gasteiger partial charge in [0.05, 0.1) is 241 Å². The van der Waals surface area contributed by atoms with Crippen molar-refractivity contribution in [2.75, 3.05) is 249 Å². The summed E-state index contributed by atoms with van der Waals surface area (Å²) in [5, 5.41) is -4.53. The Bertz CT molecular complexity index is 2610. The lowest BCUT2D eigenvalue weighted by molar-refractivity contribution is -0.274. The van der Waals surface area contributed by atoms with Gasteiger partial charge in [0.25, 0.3) is 0 Å². The molecule has 119 heavy (non-hydrogen) atoms. The van der Waals surface area contributed by atoms with Crippen LogP contribution in [0.5, 0.6) is 0 Å². The van der Waals surface area contributed by atoms with Crippen LogP contribution in [-0.4, -0.2) is 327 Å². The molecule has 0 aliphatic carbocycles. The predicted octanol–water partition coefficient (Wildman–Crippen LogP) is 7.90. The Labute approximate surface area is 778 Å². The summed E-state index contributed by atoms with van der Waals surface area (Å²) in [5.41, 5.74) is -8.06. The molecule has 0 saturated heterocycles. The highest BCUT2D eigenvalue weighted by molar-refractivity contribution is 7.82. The second-order valence-corrected chi connectivity index (χ2v) is 36.8. The normalized spacial score (nSPS) is 16.2. The van der Waals surface area contributed by atoms with E-state index in [0.29, 0.717) is 0 Å². The van der Waals surface area contributed by atoms with Crippen molar-refractivity contribution in [1.29, 1.82) is 0 Å². The van der Waals surface area contributed by atoms with Crippen molar-refractivity contribution in [3.05, 3.63) is 0 Å². The van der Waals surface area contributed by atoms with E-state index in [4.69, 9.17) is 214 Å². The van der Waals surface area contributed by atoms with Crippen molar-refractivity contribution >= 4 is 219 Å². The highest BCUT2D eigenvalue weighted by atomic mass is 32.1. The maximum absolute atomic E-state index is 13.8. The van der Waals surface area contributed by atoms with Gasteiger partial charge in [-0.05, 0) is 44.9 Å². The van der Waals surface area contributed by atoms with Crippen molar-refractivity contribution in [2.24, 2.45) is 32.5 Å². The number of esters is 7. The fourth-order valence-electron chi connectivity index (χ4n) is 12.0. The van der Waals surface area contributed by atoms with Crippen LogP contribution in [0.2, 0.25) is 0 Å². The average Bonchev–Trinajstić information content (AvgIpc) is 0.712. The zero-order valence-electron chi connectivity index (χ0n) is 69.1. The smallest absolute Gasteiger partial charge is 0.306 e. The van der Waals surface area contributed by atoms with E-state index in [1.54, 1.807) is 0 Å². The molecule has 0 N–H and O–H groups in total. The van der Waals surface area contributed by atoms with Crippen molar-refractivity contribution < 1.29 is 159 Å². The summed E-state index contributed by atoms with van der Waals surface area (Å²) in [7, 11) is 9.31. The molecule has 0 heterocycles. The molecular weight excluding hydrogens is 1840 g/mol. The van der Waals surface area contributed by atoms with Gasteiger partial charge in [-0.25, -0.2) is 68.4 Å². The van der Waals surface area contributed by atoms with Gasteiger partial charge in [0.1, 0.15) is 39.6 Å². The van der Waals surface area contributed by atoms with E-state index in [1.165, 1.54) is 49.8 Å². The van der Waals surface area contributed by atoms with Gasteiger partial charge in [0.15, 0.2) is 0 Å². The topological polar surface area (TPSA) is 359 Å². The van der Waals surface area contributed by atoms with Gasteiger partial charge in [-0.3, -0.25) is 33.6 Å². The van der Waals surface area contributed by atoms with Crippen LogP contribution < -0.4 is 0 Å². The Balaban J connectivity index is 9.13. The largest absolute Gasteiger partial charge is 0.465 e. The van der Waals surface area contributed by atoms with Crippen LogP contribution in [0, 0.1) is 32.5 Å². The van der Waals surface area contributed by atoms with Gasteiger partial charge in [-0.2, -0.15) is 177 Å². The van der Waals surface area contributed by atoms with E-state index >= 15 is 0 Å². The lowest BCUT2D eigenvalue weighted by Gasteiger charge is -2.41. The Morgan fingerprint density at radius 2 is 0.319 bits per heavy atom. The van der Waals surface area contributed by atoms with Gasteiger partial charge in [-0.1, -0.05) is 0 Å². The molecule has 33 nitrogen and oxygen atoms in total. The van der Waals surface area contributed by atoms with Gasteiger partial charge < -0.3 is 56.8 Å². The Morgan fingerprint density at radius 3 is 0.454 bits per heavy atom. The first-order chi connectivity index (χ1) is 56.9. The Hall–Kier alpha value is 0.430. The first kappa shape index (κ1) is 119. The number of hydrogen-bond donors (Lipinski definition) is 14. The highest BCUT2D eigenvalue weighted by Crippen LogP contribution is 2.41. The summed E-state index contributed by atoms with van der Waals surface area (Å²) in [5.74, 6) is -3.21. The monoisotopic (exact) mass is 1970 g/mol. The van der Waals surface area contributed by atoms with Crippen molar-refractivity contribution in [2.45, 2.75) is 127 Å². The molecule has 0 rings (SSSR count). The fourth-order valence-corrected chi connectivity index (χ4v) is 16.4. The van der Waals surface area contributed by atoms with E-state index in [9.17, 15) is 33.6 Å². The summed E-state index contributed by atoms with van der Waals surface area (Å²) >= 11 is 64.3. The molecule has 0 bridgehead atoms. The van der Waals surface area contributed by atoms with Crippen molar-refractivity contribution in [3.63, 3.8) is 0 Å². The van der Waals surface area contributed by atoms with Crippen LogP contribution in [0.4, 0.5) is 0 Å². The molecule has 11 atom stereocenters. The third kappa shape index (κ3) is 58.0. The minimum atomic E-state index is -1.45. The lowest BCUT2D eigenvalue weighted by Crippen LogP contribution is -2.47. The lowest BCUT2D eigenvalue weighted by atomic mass is 9.79. The SMILES string of the molecule is COOCC(S)CC(COCC(COCC(COCC(COC(=O)CCS)(CC(S)COOC)CC(S)COOC)(COC(=O)CCS)CC(S)COOC)(COC(=O)CCS)CC(S)COOC)(COCC(COCC(COC(=O)CCS)(COC(=O)CCS)CC(S)COOC)(COC(=O)CCS)CC(S)COOC)COC(=O)CCS. The minimum absolute atomic E-state index is 0.00301. The van der Waals surface area contributed by atoms with Gasteiger partial charge in [-0.15, -0.1) is 0 Å². The molecule has 11 unspecified atom stereocenters. The van der Waals surface area contributed by atoms with E-state index in [2.05, 4.69) is 88.4 Å². The van der Waals surface area contributed by atoms with Gasteiger partial charge in [0, 0.05) is 82.4 Å². The molecule has 47 heteroatoms. The molecule has 702 valence electrons. The van der Waals surface area contributed by atoms with Crippen LogP contribution in [0.15, 0.2) is 0 Å². The summed E-state index contributed by atoms with van der Waals surface area (Å²) in [6.45, 7) is -5.92. The molecule has 0 aliphatic heterocycles. The molecule has 0 saturated carbocycles. The predicted molar refractivity (Wildman–Crippen MR) is 487 cm³/mol. The standard InChI is InChI=1S/C72H132O33S14/c1-80-99-29-53(113)22-67(23-54(114)30-100-81-2,46-92-60(73)8-15-106)36-87-37-68(24-55(115)31-101-82-3,47-93-61(74)9-16-107)38-88-39-69(25-56(116)32-102-83-4,48-94-62(75)10-17-108)40-89-41-70(26-57(117)33-103-84-5,49-95-63(76)11-18-109)42-90-43-71(27-58(118)34-104-85-6,50-96-64(77)12-19-110)44-91-45-72(28-59(119)35-105-86-7,51-97-65(78)13-20-111)52-98-66(79)14-21-112/h53-59,106-119H,8-52H2,1-7H3. The molecule has 0 radical (unpaired) electrons. The average molecular weight is 1970 g/mol. The van der Waals surface area contributed by atoms with Crippen LogP contribution in [0.1, 0.15) is 89.9 Å². The fraction of sp³-hybridized carbons (Fsp3) is 0.903. The summed E-state index contributed by atoms with van der Waals surface area (Å²) < 4.78 is 76.6. The summed E-state index contributed by atoms with van der Waals surface area (Å²) in [6.07, 6.45) is -0.0656. The molecule has 0 amide bonds. The third-order valence-electron chi connectivity index (χ3n) is 17.4. The zero-order chi connectivity index (χ0) is 89.3. The van der Waals surface area contributed by atoms with Crippen LogP contribution in [-0.2, 0) is 159 Å². The van der Waals surface area contributed by atoms with Crippen molar-refractivity contribution in [3.8, 4) is 0 Å². The summed E-state index contributed by atoms with van der Waals surface area (Å²) in [6, 6.07) is 0. The van der Waals surface area contributed by atoms with E-state index in [1.807, 2.05) is 0 Å². The first-order valence-electron chi connectivity index (χ1n) is 38.0. The quantitative estimate of drug-likeness (QED) is 0.00904. The molecule has 0 aromatic heterocycles. The van der Waals surface area contributed by atoms with E-state index < -0.39 is 124 Å². The number of carbonyl (C=O) groups excluding carboxylic acids is 7. The molecular formula is C72H132O33S14. The van der Waals surface area contributed by atoms with Gasteiger partial charge in [0.2, 0.25) is 0 Å². The zero-order valence-corrected chi connectivity index (χ0v) is 81.6. The van der Waals surface area contributed by atoms with Crippen LogP contribution in [0.25, 0.3) is 0 Å². The number of carbonyl (C=O) groups is 7. The van der Waals surface area contributed by atoms with Gasteiger partial charge >= 0.3 is 41.8 Å². The molecule has 0 aromatic carbocycles. The number of hydrogen-bond acceptors (Lipinski definition) is 47. The highest BCUT2D eigenvalue weighted by Gasteiger charge is 2.46. The molecule has 0 aromatic rings. The third-order valence-corrected chi connectivity index (χ3v) is 21.3. The van der Waals surface area contributed by atoms with E-state index in [0.717, 1.165) is 0 Å². The maximum Gasteiger partial charge on any atom is 0.306 e. The molecule has 0 aliphatic rings. The number of thiol groups is 14. The minimum Gasteiger partial charge on any atom is -0.465 e. The first-order valence-corrected chi connectivity index (χ1v) is 46.0. The Morgan fingerprint density at radius 1 is 0.202 bits per heavy atom. The van der Waals surface area contributed by atoms with E-state index in [-0.39, 0.29) is 276 Å². The Kier molecular flexibility index (Phi) is 73.4. The van der Waals surface area contributed by atoms with Crippen LogP contribution >= 0.6 is 177 Å². The van der Waals surface area contributed by atoms with Crippen molar-refractivity contribution in [1.82, 2.24) is 0 Å². The maximum atomic E-state index is 13.8. The number of ether oxygens (including phenoxy) is 12. The second-order valence-electron chi connectivity index (χ2n) is 28.6.